The van der Waals surface area contributed by atoms with E-state index in [0.29, 0.717) is 0 Å². The summed E-state index contributed by atoms with van der Waals surface area (Å²) in [5.74, 6) is 0. The van der Waals surface area contributed by atoms with Crippen LogP contribution >= 0.6 is 0 Å². The second kappa shape index (κ2) is 9.00. The number of hydrogen-bond donors (Lipinski definition) is 0. The van der Waals surface area contributed by atoms with Gasteiger partial charge in [-0.15, -0.1) is 0 Å². The zero-order valence-corrected chi connectivity index (χ0v) is 22.2. The predicted molar refractivity (Wildman–Crippen MR) is 173 cm³/mol. The minimum absolute atomic E-state index is 0.910. The van der Waals surface area contributed by atoms with Crippen LogP contribution in [0.4, 0.5) is 0 Å². The molecule has 0 amide bonds. The number of benzene rings is 7. The van der Waals surface area contributed by atoms with Crippen LogP contribution in [-0.4, -0.2) is 7.85 Å². The lowest BCUT2D eigenvalue weighted by Gasteiger charge is -2.17. The Balaban J connectivity index is 1.41. The number of rotatable bonds is 3. The highest BCUT2D eigenvalue weighted by atomic mass is 16.3. The van der Waals surface area contributed by atoms with E-state index in [-0.39, 0.29) is 0 Å². The Labute approximate surface area is 233 Å². The highest BCUT2D eigenvalue weighted by Crippen LogP contribution is 2.45. The van der Waals surface area contributed by atoms with Crippen molar-refractivity contribution in [3.05, 3.63) is 140 Å². The molecule has 0 aliphatic heterocycles. The fraction of sp³-hybridized carbons (Fsp3) is 0. The predicted octanol–water partition coefficient (Wildman–Crippen LogP) is 9.15. The lowest BCUT2D eigenvalue weighted by atomic mass is 9.86. The molecule has 0 N–H and O–H groups in total. The van der Waals surface area contributed by atoms with Gasteiger partial charge in [0.15, 0.2) is 0 Å². The summed E-state index contributed by atoms with van der Waals surface area (Å²) in [5, 5.41) is 7.30. The molecule has 0 fully saturated rings. The Bertz CT molecular complexity index is 2150. The maximum Gasteiger partial charge on any atom is 0.143 e. The second-order valence-electron chi connectivity index (χ2n) is 10.6. The van der Waals surface area contributed by atoms with Crippen LogP contribution in [0.25, 0.3) is 76.9 Å². The maximum absolute atomic E-state index is 6.65. The third kappa shape index (κ3) is 3.50. The van der Waals surface area contributed by atoms with Crippen LogP contribution in [0.1, 0.15) is 0 Å². The Morgan fingerprint density at radius 3 is 1.60 bits per heavy atom. The average molecular weight is 508 g/mol. The fourth-order valence-corrected chi connectivity index (χ4v) is 6.27. The molecule has 0 unspecified atom stereocenters. The first-order chi connectivity index (χ1) is 19.8. The molecule has 0 saturated heterocycles. The number of hydrogen-bond acceptors (Lipinski definition) is 1. The maximum atomic E-state index is 6.65. The van der Waals surface area contributed by atoms with E-state index in [0.717, 1.165) is 33.1 Å². The van der Waals surface area contributed by atoms with Crippen molar-refractivity contribution in [2.24, 2.45) is 0 Å². The molecule has 0 aliphatic carbocycles. The first kappa shape index (κ1) is 22.9. The topological polar surface area (TPSA) is 13.1 Å². The minimum Gasteiger partial charge on any atom is -0.455 e. The van der Waals surface area contributed by atoms with Crippen LogP contribution in [0.3, 0.4) is 0 Å². The van der Waals surface area contributed by atoms with Gasteiger partial charge in [0.1, 0.15) is 19.0 Å². The lowest BCUT2D eigenvalue weighted by Crippen LogP contribution is -1.99. The molecule has 0 atom stereocenters. The molecule has 7 aromatic carbocycles. The molecular weight excluding hydrogens is 483 g/mol. The zero-order chi connectivity index (χ0) is 26.6. The van der Waals surface area contributed by atoms with Gasteiger partial charge in [-0.25, -0.2) is 0 Å². The number of para-hydroxylation sites is 1. The van der Waals surface area contributed by atoms with Crippen molar-refractivity contribution >= 4 is 56.8 Å². The summed E-state index contributed by atoms with van der Waals surface area (Å²) in [6.45, 7) is 0. The second-order valence-corrected chi connectivity index (χ2v) is 10.6. The van der Waals surface area contributed by atoms with Crippen molar-refractivity contribution in [3.63, 3.8) is 0 Å². The molecule has 8 rings (SSSR count). The Kier molecular flexibility index (Phi) is 5.15. The lowest BCUT2D eigenvalue weighted by molar-refractivity contribution is 0.670. The summed E-state index contributed by atoms with van der Waals surface area (Å²) in [7, 11) is 2.12. The van der Waals surface area contributed by atoms with Crippen LogP contribution in [0.15, 0.2) is 144 Å². The van der Waals surface area contributed by atoms with Gasteiger partial charge in [-0.3, -0.25) is 0 Å². The van der Waals surface area contributed by atoms with E-state index in [1.165, 1.54) is 49.3 Å². The number of fused-ring (bicyclic) bond motifs is 5. The zero-order valence-electron chi connectivity index (χ0n) is 22.2. The Hall–Kier alpha value is -5.08. The molecule has 1 aromatic heterocycles. The van der Waals surface area contributed by atoms with Crippen LogP contribution in [0.5, 0.6) is 0 Å². The smallest absolute Gasteiger partial charge is 0.143 e. The highest BCUT2D eigenvalue weighted by Gasteiger charge is 2.18. The van der Waals surface area contributed by atoms with Crippen molar-refractivity contribution in [1.82, 2.24) is 0 Å². The molecule has 40 heavy (non-hydrogen) atoms. The molecule has 0 saturated carbocycles. The van der Waals surface area contributed by atoms with E-state index < -0.39 is 0 Å². The number of furan rings is 1. The third-order valence-electron chi connectivity index (χ3n) is 8.14. The first-order valence-corrected chi connectivity index (χ1v) is 13.8. The third-order valence-corrected chi connectivity index (χ3v) is 8.14. The van der Waals surface area contributed by atoms with Gasteiger partial charge in [-0.1, -0.05) is 133 Å². The largest absolute Gasteiger partial charge is 0.455 e. The summed E-state index contributed by atoms with van der Waals surface area (Å²) >= 11 is 0. The van der Waals surface area contributed by atoms with Gasteiger partial charge in [0.05, 0.1) is 0 Å². The van der Waals surface area contributed by atoms with Gasteiger partial charge in [0.25, 0.3) is 0 Å². The SMILES string of the molecule is Bc1ccc(-c2cccc3c2oc2cc(-c4c5ccccc5c(-c5ccccc5)c5ccccc45)ccc23)cc1. The van der Waals surface area contributed by atoms with E-state index in [2.05, 4.69) is 147 Å². The fourth-order valence-electron chi connectivity index (χ4n) is 6.27. The van der Waals surface area contributed by atoms with Crippen molar-refractivity contribution < 1.29 is 4.42 Å². The summed E-state index contributed by atoms with van der Waals surface area (Å²) in [5.41, 5.74) is 10.3. The van der Waals surface area contributed by atoms with Crippen molar-refractivity contribution in [1.29, 1.82) is 0 Å². The van der Waals surface area contributed by atoms with Crippen molar-refractivity contribution in [3.8, 4) is 33.4 Å². The average Bonchev–Trinajstić information content (AvgIpc) is 3.39. The summed E-state index contributed by atoms with van der Waals surface area (Å²) in [6, 6.07) is 50.1. The van der Waals surface area contributed by atoms with Crippen LogP contribution < -0.4 is 5.46 Å². The molecule has 186 valence electrons. The molecule has 1 heterocycles. The van der Waals surface area contributed by atoms with Crippen molar-refractivity contribution in [2.45, 2.75) is 0 Å². The normalized spacial score (nSPS) is 11.6. The van der Waals surface area contributed by atoms with E-state index in [1.807, 2.05) is 0 Å². The highest BCUT2D eigenvalue weighted by molar-refractivity contribution is 6.32. The van der Waals surface area contributed by atoms with Gasteiger partial charge >= 0.3 is 0 Å². The van der Waals surface area contributed by atoms with E-state index in [1.54, 1.807) is 0 Å². The van der Waals surface area contributed by atoms with Crippen LogP contribution in [0, 0.1) is 0 Å². The van der Waals surface area contributed by atoms with Crippen LogP contribution in [-0.2, 0) is 0 Å². The van der Waals surface area contributed by atoms with Gasteiger partial charge in [0, 0.05) is 16.3 Å². The van der Waals surface area contributed by atoms with Gasteiger partial charge in [0.2, 0.25) is 0 Å². The molecule has 0 spiro atoms. The standard InChI is InChI=1S/C38H25BO/c39-27-20-17-24(18-21-27)28-15-8-16-34-29-22-19-26(23-35(29)40-38(28)34)37-32-13-6-4-11-30(32)36(25-9-2-1-3-10-25)31-12-5-7-14-33(31)37/h1-23H,39H2. The molecule has 0 aliphatic rings. The summed E-state index contributed by atoms with van der Waals surface area (Å²) in [4.78, 5) is 0. The van der Waals surface area contributed by atoms with Gasteiger partial charge in [-0.2, -0.15) is 0 Å². The Morgan fingerprint density at radius 1 is 0.400 bits per heavy atom. The molecular formula is C38H25BO. The molecule has 8 aromatic rings. The quantitative estimate of drug-likeness (QED) is 0.171. The summed E-state index contributed by atoms with van der Waals surface area (Å²) < 4.78 is 6.65. The van der Waals surface area contributed by atoms with E-state index in [9.17, 15) is 0 Å². The van der Waals surface area contributed by atoms with Crippen molar-refractivity contribution in [2.75, 3.05) is 0 Å². The van der Waals surface area contributed by atoms with Gasteiger partial charge < -0.3 is 4.42 Å². The Morgan fingerprint density at radius 2 is 0.950 bits per heavy atom. The first-order valence-electron chi connectivity index (χ1n) is 13.8. The molecule has 2 heteroatoms. The monoisotopic (exact) mass is 508 g/mol. The van der Waals surface area contributed by atoms with Gasteiger partial charge in [-0.05, 0) is 61.5 Å². The molecule has 0 bridgehead atoms. The molecule has 1 nitrogen and oxygen atoms in total. The minimum atomic E-state index is 0.910. The molecule has 0 radical (unpaired) electrons. The van der Waals surface area contributed by atoms with E-state index in [4.69, 9.17) is 4.42 Å². The van der Waals surface area contributed by atoms with E-state index >= 15 is 0 Å². The van der Waals surface area contributed by atoms with Crippen LogP contribution in [0.2, 0.25) is 0 Å². The summed E-state index contributed by atoms with van der Waals surface area (Å²) in [6.07, 6.45) is 0.